The third kappa shape index (κ3) is 4.11. The van der Waals surface area contributed by atoms with Gasteiger partial charge in [-0.1, -0.05) is 0 Å². The first-order chi connectivity index (χ1) is 10.5. The highest BCUT2D eigenvalue weighted by atomic mass is 32.1. The normalized spacial score (nSPS) is 13.8. The Kier molecular flexibility index (Phi) is 5.62. The fourth-order valence-corrected chi connectivity index (χ4v) is 2.95. The number of non-ortho nitro benzene ring substituents is 1. The number of nitrogens with zero attached hydrogens (tertiary/aromatic N) is 1. The molecular weight excluding hydrogens is 304 g/mol. The van der Waals surface area contributed by atoms with Gasteiger partial charge in [0.15, 0.2) is 0 Å². The van der Waals surface area contributed by atoms with Crippen LogP contribution in [0, 0.1) is 17.0 Å². The van der Waals surface area contributed by atoms with Crippen molar-refractivity contribution in [3.05, 3.63) is 61.8 Å². The summed E-state index contributed by atoms with van der Waals surface area (Å²) in [6, 6.07) is 9.17. The van der Waals surface area contributed by atoms with Crippen LogP contribution in [0.2, 0.25) is 0 Å². The molecule has 0 aliphatic carbocycles. The molecule has 118 valence electrons. The first kappa shape index (κ1) is 16.6. The van der Waals surface area contributed by atoms with Gasteiger partial charge in [-0.25, -0.2) is 0 Å². The Bertz CT molecular complexity index is 627. The molecular formula is C15H18N2O4S. The largest absolute Gasteiger partial charge is 0.395 e. The molecule has 0 amide bonds. The van der Waals surface area contributed by atoms with Crippen molar-refractivity contribution >= 4 is 17.0 Å². The summed E-state index contributed by atoms with van der Waals surface area (Å²) in [5.41, 5.74) is 0.498. The average molecular weight is 322 g/mol. The standard InChI is InChI=1S/C15H18N2O4S/c1-10-2-7-13(22-10)8-16-14(9-18)15(19)11-3-5-12(6-4-11)17(20)21/h2-7,14-16,18-19H,8-9H2,1H3. The van der Waals surface area contributed by atoms with E-state index in [9.17, 15) is 20.3 Å². The number of hydrogen-bond acceptors (Lipinski definition) is 6. The SMILES string of the molecule is Cc1ccc(CNC(CO)C(O)c2ccc([N+](=O)[O-])cc2)s1. The maximum Gasteiger partial charge on any atom is 0.269 e. The smallest absolute Gasteiger partial charge is 0.269 e. The molecule has 0 saturated heterocycles. The molecule has 0 radical (unpaired) electrons. The molecule has 3 N–H and O–H groups in total. The number of thiophene rings is 1. The van der Waals surface area contributed by atoms with Crippen LogP contribution in [0.1, 0.15) is 21.4 Å². The summed E-state index contributed by atoms with van der Waals surface area (Å²) in [6.45, 7) is 2.33. The summed E-state index contributed by atoms with van der Waals surface area (Å²) < 4.78 is 0. The quantitative estimate of drug-likeness (QED) is 0.536. The Hall–Kier alpha value is -1.80. The lowest BCUT2D eigenvalue weighted by atomic mass is 10.0. The molecule has 2 atom stereocenters. The van der Waals surface area contributed by atoms with Crippen molar-refractivity contribution in [2.24, 2.45) is 0 Å². The minimum absolute atomic E-state index is 0.0291. The van der Waals surface area contributed by atoms with E-state index in [0.29, 0.717) is 12.1 Å². The minimum Gasteiger partial charge on any atom is -0.395 e. The topological polar surface area (TPSA) is 95.6 Å². The fourth-order valence-electron chi connectivity index (χ4n) is 2.11. The lowest BCUT2D eigenvalue weighted by Gasteiger charge is -2.22. The zero-order valence-corrected chi connectivity index (χ0v) is 12.9. The van der Waals surface area contributed by atoms with Crippen LogP contribution in [-0.2, 0) is 6.54 Å². The number of aliphatic hydroxyl groups is 2. The van der Waals surface area contributed by atoms with E-state index < -0.39 is 17.1 Å². The van der Waals surface area contributed by atoms with Crippen LogP contribution in [0.25, 0.3) is 0 Å². The van der Waals surface area contributed by atoms with Gasteiger partial charge in [-0.05, 0) is 36.8 Å². The second-order valence-electron chi connectivity index (χ2n) is 4.98. The van der Waals surface area contributed by atoms with Gasteiger partial charge in [-0.3, -0.25) is 10.1 Å². The molecule has 0 aliphatic rings. The van der Waals surface area contributed by atoms with Gasteiger partial charge >= 0.3 is 0 Å². The molecule has 1 aromatic carbocycles. The minimum atomic E-state index is -0.938. The van der Waals surface area contributed by atoms with Crippen LogP contribution in [0.5, 0.6) is 0 Å². The Morgan fingerprint density at radius 1 is 1.27 bits per heavy atom. The summed E-state index contributed by atoms with van der Waals surface area (Å²) in [5.74, 6) is 0. The monoisotopic (exact) mass is 322 g/mol. The van der Waals surface area contributed by atoms with E-state index >= 15 is 0 Å². The Morgan fingerprint density at radius 2 is 1.95 bits per heavy atom. The highest BCUT2D eigenvalue weighted by Gasteiger charge is 2.20. The van der Waals surface area contributed by atoms with Gasteiger partial charge in [-0.15, -0.1) is 11.3 Å². The summed E-state index contributed by atoms with van der Waals surface area (Å²) in [4.78, 5) is 12.5. The molecule has 0 aliphatic heterocycles. The Labute approximate surface area is 132 Å². The van der Waals surface area contributed by atoms with Crippen molar-refractivity contribution in [1.29, 1.82) is 0 Å². The number of nitro benzene ring substituents is 1. The summed E-state index contributed by atoms with van der Waals surface area (Å²) in [7, 11) is 0. The molecule has 2 aromatic rings. The highest BCUT2D eigenvalue weighted by Crippen LogP contribution is 2.21. The van der Waals surface area contributed by atoms with Gasteiger partial charge in [0.1, 0.15) is 0 Å². The molecule has 6 nitrogen and oxygen atoms in total. The molecule has 22 heavy (non-hydrogen) atoms. The van der Waals surface area contributed by atoms with Crippen LogP contribution in [0.4, 0.5) is 5.69 Å². The van der Waals surface area contributed by atoms with E-state index in [1.54, 1.807) is 11.3 Å². The average Bonchev–Trinajstić information content (AvgIpc) is 2.93. The molecule has 0 bridgehead atoms. The number of benzene rings is 1. The van der Waals surface area contributed by atoms with Crippen molar-refractivity contribution in [2.45, 2.75) is 25.6 Å². The zero-order chi connectivity index (χ0) is 16.1. The number of aliphatic hydroxyl groups excluding tert-OH is 2. The third-order valence-corrected chi connectivity index (χ3v) is 4.36. The number of rotatable bonds is 7. The van der Waals surface area contributed by atoms with Gasteiger partial charge in [0, 0.05) is 28.4 Å². The highest BCUT2D eigenvalue weighted by molar-refractivity contribution is 7.11. The van der Waals surface area contributed by atoms with Gasteiger partial charge in [-0.2, -0.15) is 0 Å². The summed E-state index contributed by atoms with van der Waals surface area (Å²) >= 11 is 1.65. The molecule has 0 fully saturated rings. The lowest BCUT2D eigenvalue weighted by molar-refractivity contribution is -0.384. The third-order valence-electron chi connectivity index (χ3n) is 3.36. The van der Waals surface area contributed by atoms with Crippen molar-refractivity contribution in [3.8, 4) is 0 Å². The molecule has 2 rings (SSSR count). The lowest BCUT2D eigenvalue weighted by Crippen LogP contribution is -2.37. The Morgan fingerprint density at radius 3 is 2.45 bits per heavy atom. The van der Waals surface area contributed by atoms with E-state index in [1.807, 2.05) is 19.1 Å². The predicted molar refractivity (Wildman–Crippen MR) is 84.8 cm³/mol. The van der Waals surface area contributed by atoms with Gasteiger partial charge in [0.05, 0.1) is 23.7 Å². The second kappa shape index (κ2) is 7.46. The summed E-state index contributed by atoms with van der Waals surface area (Å²) in [5, 5.41) is 33.5. The molecule has 0 spiro atoms. The van der Waals surface area contributed by atoms with Crippen LogP contribution in [0.15, 0.2) is 36.4 Å². The van der Waals surface area contributed by atoms with Gasteiger partial charge < -0.3 is 15.5 Å². The van der Waals surface area contributed by atoms with E-state index in [2.05, 4.69) is 5.32 Å². The molecule has 0 saturated carbocycles. The van der Waals surface area contributed by atoms with Crippen molar-refractivity contribution < 1.29 is 15.1 Å². The molecule has 7 heteroatoms. The van der Waals surface area contributed by atoms with Gasteiger partial charge in [0.25, 0.3) is 5.69 Å². The van der Waals surface area contributed by atoms with Crippen LogP contribution >= 0.6 is 11.3 Å². The maximum absolute atomic E-state index is 10.6. The van der Waals surface area contributed by atoms with Crippen LogP contribution in [0.3, 0.4) is 0 Å². The summed E-state index contributed by atoms with van der Waals surface area (Å²) in [6.07, 6.45) is -0.938. The van der Waals surface area contributed by atoms with Crippen molar-refractivity contribution in [1.82, 2.24) is 5.32 Å². The predicted octanol–water partition coefficient (Wildman–Crippen LogP) is 2.15. The number of aryl methyl sites for hydroxylation is 1. The fraction of sp³-hybridized carbons (Fsp3) is 0.333. The second-order valence-corrected chi connectivity index (χ2v) is 6.35. The number of nitrogens with one attached hydrogen (secondary N) is 1. The molecule has 1 aromatic heterocycles. The van der Waals surface area contributed by atoms with Gasteiger partial charge in [0.2, 0.25) is 0 Å². The Balaban J connectivity index is 2.01. The van der Waals surface area contributed by atoms with E-state index in [1.165, 1.54) is 29.1 Å². The van der Waals surface area contributed by atoms with Crippen LogP contribution in [-0.4, -0.2) is 27.8 Å². The first-order valence-corrected chi connectivity index (χ1v) is 7.65. The maximum atomic E-state index is 10.6. The van der Waals surface area contributed by atoms with Crippen LogP contribution < -0.4 is 5.32 Å². The van der Waals surface area contributed by atoms with Crippen molar-refractivity contribution in [3.63, 3.8) is 0 Å². The van der Waals surface area contributed by atoms with Crippen molar-refractivity contribution in [2.75, 3.05) is 6.61 Å². The van der Waals surface area contributed by atoms with E-state index in [-0.39, 0.29) is 12.3 Å². The zero-order valence-electron chi connectivity index (χ0n) is 12.1. The number of nitro groups is 1. The van der Waals surface area contributed by atoms with E-state index in [0.717, 1.165) is 4.88 Å². The molecule has 2 unspecified atom stereocenters. The molecule has 1 heterocycles. The first-order valence-electron chi connectivity index (χ1n) is 6.83. The number of hydrogen-bond donors (Lipinski definition) is 3. The van der Waals surface area contributed by atoms with E-state index in [4.69, 9.17) is 0 Å².